The molecule has 8 nitrogen and oxygen atoms in total. The van der Waals surface area contributed by atoms with Gasteiger partial charge in [-0.25, -0.2) is 4.39 Å². The number of aromatic nitrogens is 3. The number of alkyl halides is 1. The molecule has 1 saturated carbocycles. The Hall–Kier alpha value is -4.53. The molecule has 0 aliphatic heterocycles. The van der Waals surface area contributed by atoms with E-state index >= 15 is 0 Å². The highest BCUT2D eigenvalue weighted by Crippen LogP contribution is 2.42. The molecule has 0 radical (unpaired) electrons. The van der Waals surface area contributed by atoms with Crippen LogP contribution in [0.1, 0.15) is 74.0 Å². The molecule has 9 heteroatoms. The zero-order valence-electron chi connectivity index (χ0n) is 25.5. The third-order valence-electron chi connectivity index (χ3n) is 8.97. The number of benzene rings is 2. The number of aryl methyl sites for hydroxylation is 3. The van der Waals surface area contributed by atoms with Gasteiger partial charge in [-0.2, -0.15) is 5.10 Å². The monoisotopic (exact) mass is 595 g/mol. The molecule has 2 aromatic heterocycles. The summed E-state index contributed by atoms with van der Waals surface area (Å²) in [4.78, 5) is 39.3. The summed E-state index contributed by atoms with van der Waals surface area (Å²) in [6, 6.07) is 16.1. The van der Waals surface area contributed by atoms with Crippen LogP contribution in [-0.4, -0.2) is 38.3 Å². The number of fused-ring (bicyclic) bond motifs is 1. The summed E-state index contributed by atoms with van der Waals surface area (Å²) in [5, 5.41) is 13.1. The number of halogens is 1. The normalized spacial score (nSPS) is 17.5. The van der Waals surface area contributed by atoms with Crippen molar-refractivity contribution in [2.45, 2.75) is 83.5 Å². The van der Waals surface area contributed by atoms with Crippen LogP contribution in [0.4, 0.5) is 10.1 Å². The lowest BCUT2D eigenvalue weighted by Gasteiger charge is -2.33. The van der Waals surface area contributed by atoms with Crippen LogP contribution in [0.5, 0.6) is 0 Å². The standard InChI is InChI=1S/C35H38FN5O3/c1-20(2)41-19-26(12-15-30(41)42)25-9-8-23-6-5-7-28(29(23)18-25)32(38-34(44)35(36)16-17-35)33(43)37-27-13-10-24(11-14-27)31-21(3)39-40-22(31)4/h8-15,18-20,28,32H,5-7,16-17H2,1-4H3,(H,37,43)(H,38,44)(H,39,40)/t28-,32?/m1/s1. The first-order valence-corrected chi connectivity index (χ1v) is 15.3. The Labute approximate surface area is 256 Å². The van der Waals surface area contributed by atoms with Crippen molar-refractivity contribution < 1.29 is 14.0 Å². The van der Waals surface area contributed by atoms with Crippen LogP contribution in [0.25, 0.3) is 22.3 Å². The topological polar surface area (TPSA) is 109 Å². The van der Waals surface area contributed by atoms with Gasteiger partial charge in [0.05, 0.1) is 5.69 Å². The van der Waals surface area contributed by atoms with Crippen molar-refractivity contribution in [3.05, 3.63) is 93.7 Å². The molecule has 6 rings (SSSR count). The van der Waals surface area contributed by atoms with Gasteiger partial charge in [-0.1, -0.05) is 30.3 Å². The molecule has 3 N–H and O–H groups in total. The van der Waals surface area contributed by atoms with Crippen molar-refractivity contribution in [1.82, 2.24) is 20.1 Å². The third-order valence-corrected chi connectivity index (χ3v) is 8.97. The number of amides is 2. The minimum Gasteiger partial charge on any atom is -0.341 e. The average Bonchev–Trinajstić information content (AvgIpc) is 3.68. The minimum absolute atomic E-state index is 0.00774. The van der Waals surface area contributed by atoms with E-state index in [-0.39, 0.29) is 36.3 Å². The molecule has 0 spiro atoms. The van der Waals surface area contributed by atoms with E-state index in [9.17, 15) is 18.8 Å². The Bertz CT molecular complexity index is 1770. The molecular weight excluding hydrogens is 557 g/mol. The van der Waals surface area contributed by atoms with E-state index in [1.807, 2.05) is 70.3 Å². The van der Waals surface area contributed by atoms with Crippen molar-refractivity contribution in [2.75, 3.05) is 5.32 Å². The zero-order valence-corrected chi connectivity index (χ0v) is 25.5. The van der Waals surface area contributed by atoms with Crippen LogP contribution in [-0.2, 0) is 16.0 Å². The highest BCUT2D eigenvalue weighted by Gasteiger charge is 2.52. The van der Waals surface area contributed by atoms with E-state index < -0.39 is 17.6 Å². The number of nitrogens with zero attached hydrogens (tertiary/aromatic N) is 2. The highest BCUT2D eigenvalue weighted by atomic mass is 19.1. The second-order valence-corrected chi connectivity index (χ2v) is 12.5. The summed E-state index contributed by atoms with van der Waals surface area (Å²) in [6.45, 7) is 7.83. The lowest BCUT2D eigenvalue weighted by molar-refractivity contribution is -0.131. The molecule has 2 aliphatic carbocycles. The number of hydrogen-bond acceptors (Lipinski definition) is 4. The fourth-order valence-corrected chi connectivity index (χ4v) is 6.31. The average molecular weight is 596 g/mol. The number of pyridine rings is 1. The fourth-order valence-electron chi connectivity index (χ4n) is 6.31. The summed E-state index contributed by atoms with van der Waals surface area (Å²) in [6.07, 6.45) is 4.54. The Morgan fingerprint density at radius 1 is 1.02 bits per heavy atom. The first-order valence-electron chi connectivity index (χ1n) is 15.3. The molecule has 228 valence electrons. The molecule has 2 aliphatic rings. The number of carbonyl (C=O) groups excluding carboxylic acids is 2. The molecule has 44 heavy (non-hydrogen) atoms. The van der Waals surface area contributed by atoms with Crippen LogP contribution in [0.2, 0.25) is 0 Å². The zero-order chi connectivity index (χ0) is 31.2. The van der Waals surface area contributed by atoms with Gasteiger partial charge in [0.2, 0.25) is 5.91 Å². The van der Waals surface area contributed by atoms with Crippen LogP contribution in [0.3, 0.4) is 0 Å². The maximum Gasteiger partial charge on any atom is 0.258 e. The summed E-state index contributed by atoms with van der Waals surface area (Å²) in [7, 11) is 0. The van der Waals surface area contributed by atoms with E-state index in [1.54, 1.807) is 10.6 Å². The fraction of sp³-hybridized carbons (Fsp3) is 0.371. The lowest BCUT2D eigenvalue weighted by Crippen LogP contribution is -2.51. The van der Waals surface area contributed by atoms with E-state index in [2.05, 4.69) is 33.0 Å². The molecule has 4 aromatic rings. The van der Waals surface area contributed by atoms with Gasteiger partial charge in [0.15, 0.2) is 5.67 Å². The molecule has 0 bridgehead atoms. The van der Waals surface area contributed by atoms with Crippen molar-refractivity contribution in [3.63, 3.8) is 0 Å². The van der Waals surface area contributed by atoms with Crippen LogP contribution < -0.4 is 16.2 Å². The van der Waals surface area contributed by atoms with Gasteiger partial charge in [-0.15, -0.1) is 0 Å². The van der Waals surface area contributed by atoms with Crippen molar-refractivity contribution >= 4 is 17.5 Å². The molecular formula is C35H38FN5O3. The Kier molecular flexibility index (Phi) is 7.73. The van der Waals surface area contributed by atoms with Crippen LogP contribution in [0.15, 0.2) is 65.6 Å². The van der Waals surface area contributed by atoms with Gasteiger partial charge in [0, 0.05) is 41.2 Å². The van der Waals surface area contributed by atoms with E-state index in [1.165, 1.54) is 0 Å². The van der Waals surface area contributed by atoms with Gasteiger partial charge in [0.1, 0.15) is 6.04 Å². The highest BCUT2D eigenvalue weighted by molar-refractivity contribution is 6.00. The first-order chi connectivity index (χ1) is 21.0. The van der Waals surface area contributed by atoms with Crippen molar-refractivity contribution in [2.24, 2.45) is 0 Å². The lowest BCUT2D eigenvalue weighted by atomic mass is 9.77. The van der Waals surface area contributed by atoms with E-state index in [0.29, 0.717) is 12.1 Å². The molecule has 2 heterocycles. The number of aromatic amines is 1. The van der Waals surface area contributed by atoms with E-state index in [4.69, 9.17) is 0 Å². The van der Waals surface area contributed by atoms with Gasteiger partial charge in [-0.05, 0) is 106 Å². The van der Waals surface area contributed by atoms with Crippen LogP contribution >= 0.6 is 0 Å². The first kappa shape index (κ1) is 29.5. The number of nitrogens with one attached hydrogen (secondary N) is 3. The summed E-state index contributed by atoms with van der Waals surface area (Å²) in [5.41, 5.74) is 6.31. The Balaban J connectivity index is 1.32. The van der Waals surface area contributed by atoms with E-state index in [0.717, 1.165) is 57.6 Å². The molecule has 2 amide bonds. The van der Waals surface area contributed by atoms with Crippen LogP contribution in [0, 0.1) is 13.8 Å². The number of hydrogen-bond donors (Lipinski definition) is 3. The summed E-state index contributed by atoms with van der Waals surface area (Å²) in [5.74, 6) is -1.47. The predicted octanol–water partition coefficient (Wildman–Crippen LogP) is 6.15. The molecule has 2 aromatic carbocycles. The smallest absolute Gasteiger partial charge is 0.258 e. The summed E-state index contributed by atoms with van der Waals surface area (Å²) < 4.78 is 16.6. The SMILES string of the molecule is Cc1n[nH]c(C)c1-c1ccc(NC(=O)C(NC(=O)C2(F)CC2)[C@@H]2CCCc3ccc(-c4ccc(=O)n(C(C)C)c4)cc32)cc1. The molecule has 1 fully saturated rings. The van der Waals surface area contributed by atoms with Crippen molar-refractivity contribution in [3.8, 4) is 22.3 Å². The van der Waals surface area contributed by atoms with Gasteiger partial charge < -0.3 is 15.2 Å². The number of H-pyrrole nitrogens is 1. The van der Waals surface area contributed by atoms with Gasteiger partial charge in [0.25, 0.3) is 11.5 Å². The Morgan fingerprint density at radius 3 is 2.39 bits per heavy atom. The third kappa shape index (κ3) is 5.70. The minimum atomic E-state index is -1.91. The Morgan fingerprint density at radius 2 is 1.73 bits per heavy atom. The molecule has 0 saturated heterocycles. The van der Waals surface area contributed by atoms with Crippen molar-refractivity contribution in [1.29, 1.82) is 0 Å². The second kappa shape index (κ2) is 11.5. The second-order valence-electron chi connectivity index (χ2n) is 12.5. The van der Waals surface area contributed by atoms with Gasteiger partial charge in [-0.3, -0.25) is 19.5 Å². The maximum atomic E-state index is 14.9. The summed E-state index contributed by atoms with van der Waals surface area (Å²) >= 11 is 0. The van der Waals surface area contributed by atoms with Gasteiger partial charge >= 0.3 is 0 Å². The number of rotatable bonds is 8. The maximum absolute atomic E-state index is 14.9. The largest absolute Gasteiger partial charge is 0.341 e. The number of anilines is 1. The molecule has 1 unspecified atom stereocenters. The predicted molar refractivity (Wildman–Crippen MR) is 169 cm³/mol. The molecule has 2 atom stereocenters. The quantitative estimate of drug-likeness (QED) is 0.227. The number of carbonyl (C=O) groups is 2.